The number of nitro groups is 1. The molecule has 0 bridgehead atoms. The molecule has 0 aliphatic carbocycles. The zero-order valence-electron chi connectivity index (χ0n) is 9.77. The summed E-state index contributed by atoms with van der Waals surface area (Å²) in [6.07, 6.45) is 0.540. The van der Waals surface area contributed by atoms with Gasteiger partial charge in [0.1, 0.15) is 0 Å². The monoisotopic (exact) mass is 248 g/mol. The lowest BCUT2D eigenvalue weighted by atomic mass is 10.1. The molecule has 0 aliphatic rings. The van der Waals surface area contributed by atoms with Gasteiger partial charge >= 0.3 is 5.97 Å². The minimum atomic E-state index is -1.13. The summed E-state index contributed by atoms with van der Waals surface area (Å²) < 4.78 is 0. The molecule has 2 N–H and O–H groups in total. The summed E-state index contributed by atoms with van der Waals surface area (Å²) in [5.41, 5.74) is 0.0868. The van der Waals surface area contributed by atoms with Crippen molar-refractivity contribution in [1.29, 1.82) is 0 Å². The molecular formula is C12H12N2O4. The van der Waals surface area contributed by atoms with Gasteiger partial charge in [0.2, 0.25) is 0 Å². The molecule has 0 spiro atoms. The molecule has 0 aliphatic heterocycles. The molecule has 0 radical (unpaired) electrons. The van der Waals surface area contributed by atoms with Crippen molar-refractivity contribution in [3.63, 3.8) is 0 Å². The molecule has 6 nitrogen and oxygen atoms in total. The molecule has 0 fully saturated rings. The molecule has 94 valence electrons. The lowest BCUT2D eigenvalue weighted by Crippen LogP contribution is -2.08. The third-order valence-corrected chi connectivity index (χ3v) is 2.19. The van der Waals surface area contributed by atoms with E-state index in [0.717, 1.165) is 0 Å². The Balaban J connectivity index is 2.95. The summed E-state index contributed by atoms with van der Waals surface area (Å²) in [6.45, 7) is 2.14. The van der Waals surface area contributed by atoms with E-state index in [4.69, 9.17) is 5.11 Å². The fourth-order valence-corrected chi connectivity index (χ4v) is 1.36. The first-order valence-corrected chi connectivity index (χ1v) is 5.21. The number of hydrogen-bond donors (Lipinski definition) is 2. The maximum Gasteiger partial charge on any atom is 0.337 e. The predicted molar refractivity (Wildman–Crippen MR) is 66.6 cm³/mol. The van der Waals surface area contributed by atoms with Crippen LogP contribution in [0, 0.1) is 22.0 Å². The highest BCUT2D eigenvalue weighted by Gasteiger charge is 2.14. The third kappa shape index (κ3) is 3.49. The number of nitrogens with zero attached hydrogens (tertiary/aromatic N) is 1. The number of hydrogen-bond acceptors (Lipinski definition) is 4. The van der Waals surface area contributed by atoms with E-state index in [2.05, 4.69) is 17.2 Å². The summed E-state index contributed by atoms with van der Waals surface area (Å²) in [5, 5.41) is 22.4. The number of benzene rings is 1. The maximum absolute atomic E-state index is 11.0. The average Bonchev–Trinajstić information content (AvgIpc) is 2.34. The van der Waals surface area contributed by atoms with Crippen molar-refractivity contribution in [2.45, 2.75) is 13.3 Å². The van der Waals surface area contributed by atoms with Crippen LogP contribution in [0.2, 0.25) is 0 Å². The first-order chi connectivity index (χ1) is 8.56. The topological polar surface area (TPSA) is 92.5 Å². The quantitative estimate of drug-likeness (QED) is 0.360. The number of carboxylic acid groups (broad SMARTS) is 1. The van der Waals surface area contributed by atoms with Crippen LogP contribution in [0.15, 0.2) is 18.2 Å². The number of nitro benzene ring substituents is 1. The Hall–Kier alpha value is -2.55. The summed E-state index contributed by atoms with van der Waals surface area (Å²) in [6, 6.07) is 3.59. The van der Waals surface area contributed by atoms with E-state index >= 15 is 0 Å². The van der Waals surface area contributed by atoms with E-state index in [1.807, 2.05) is 0 Å². The van der Waals surface area contributed by atoms with Gasteiger partial charge in [-0.1, -0.05) is 0 Å². The number of carboxylic acids is 1. The van der Waals surface area contributed by atoms with Gasteiger partial charge in [-0.25, -0.2) is 4.79 Å². The van der Waals surface area contributed by atoms with Crippen molar-refractivity contribution in [2.75, 3.05) is 11.9 Å². The molecule has 18 heavy (non-hydrogen) atoms. The number of aromatic carboxylic acids is 1. The van der Waals surface area contributed by atoms with Gasteiger partial charge in [-0.05, 0) is 13.0 Å². The van der Waals surface area contributed by atoms with Gasteiger partial charge < -0.3 is 10.4 Å². The molecule has 0 amide bonds. The summed E-state index contributed by atoms with van der Waals surface area (Å²) in [5.74, 6) is 4.39. The van der Waals surface area contributed by atoms with Gasteiger partial charge in [0.05, 0.1) is 16.2 Å². The Morgan fingerprint density at radius 1 is 1.56 bits per heavy atom. The van der Waals surface area contributed by atoms with Crippen LogP contribution in [0.4, 0.5) is 11.4 Å². The van der Waals surface area contributed by atoms with E-state index in [-0.39, 0.29) is 16.9 Å². The van der Waals surface area contributed by atoms with Gasteiger partial charge in [0.25, 0.3) is 5.69 Å². The van der Waals surface area contributed by atoms with Gasteiger partial charge in [0, 0.05) is 25.1 Å². The number of non-ortho nitro benzene ring substituents is 1. The van der Waals surface area contributed by atoms with Crippen molar-refractivity contribution in [2.24, 2.45) is 0 Å². The number of carbonyl (C=O) groups is 1. The second-order valence-electron chi connectivity index (χ2n) is 3.40. The van der Waals surface area contributed by atoms with E-state index < -0.39 is 10.9 Å². The summed E-state index contributed by atoms with van der Waals surface area (Å²) in [4.78, 5) is 21.0. The Morgan fingerprint density at radius 2 is 2.28 bits per heavy atom. The van der Waals surface area contributed by atoms with E-state index in [1.165, 1.54) is 18.2 Å². The first kappa shape index (κ1) is 13.5. The molecule has 0 aromatic heterocycles. The zero-order valence-corrected chi connectivity index (χ0v) is 9.77. The highest BCUT2D eigenvalue weighted by Crippen LogP contribution is 2.22. The maximum atomic E-state index is 11.0. The van der Waals surface area contributed by atoms with E-state index in [0.29, 0.717) is 13.0 Å². The summed E-state index contributed by atoms with van der Waals surface area (Å²) >= 11 is 0. The van der Waals surface area contributed by atoms with Crippen LogP contribution in [-0.2, 0) is 0 Å². The van der Waals surface area contributed by atoms with Crippen LogP contribution in [0.3, 0.4) is 0 Å². The molecule has 0 unspecified atom stereocenters. The molecule has 6 heteroatoms. The van der Waals surface area contributed by atoms with Crippen LogP contribution >= 0.6 is 0 Å². The minimum Gasteiger partial charge on any atom is -0.478 e. The normalized spacial score (nSPS) is 9.17. The number of anilines is 1. The van der Waals surface area contributed by atoms with Crippen molar-refractivity contribution in [3.05, 3.63) is 33.9 Å². The Labute approximate surface area is 104 Å². The minimum absolute atomic E-state index is 0.00468. The van der Waals surface area contributed by atoms with Crippen molar-refractivity contribution >= 4 is 17.3 Å². The molecule has 1 rings (SSSR count). The molecule has 1 aromatic rings. The van der Waals surface area contributed by atoms with Crippen molar-refractivity contribution in [3.8, 4) is 11.8 Å². The van der Waals surface area contributed by atoms with Gasteiger partial charge in [0.15, 0.2) is 0 Å². The number of rotatable bonds is 5. The van der Waals surface area contributed by atoms with Crippen LogP contribution < -0.4 is 5.32 Å². The standard InChI is InChI=1S/C12H12N2O4/c1-2-3-4-7-13-11-8-9(14(17)18)5-6-10(11)12(15)16/h5-6,8,13H,4,7H2,1H3,(H,15,16). The highest BCUT2D eigenvalue weighted by molar-refractivity contribution is 5.94. The molecule has 0 heterocycles. The molecule has 0 saturated carbocycles. The molecule has 0 atom stereocenters. The van der Waals surface area contributed by atoms with Crippen molar-refractivity contribution in [1.82, 2.24) is 0 Å². The SMILES string of the molecule is CC#CCCNc1cc([N+](=O)[O-])ccc1C(=O)O. The second-order valence-corrected chi connectivity index (χ2v) is 3.40. The lowest BCUT2D eigenvalue weighted by molar-refractivity contribution is -0.384. The van der Waals surface area contributed by atoms with Gasteiger partial charge in [-0.3, -0.25) is 10.1 Å². The zero-order chi connectivity index (χ0) is 13.5. The lowest BCUT2D eigenvalue weighted by Gasteiger charge is -2.07. The van der Waals surface area contributed by atoms with Crippen LogP contribution in [0.25, 0.3) is 0 Å². The molecule has 1 aromatic carbocycles. The third-order valence-electron chi connectivity index (χ3n) is 2.19. The Bertz CT molecular complexity index is 529. The van der Waals surface area contributed by atoms with Crippen LogP contribution in [0.5, 0.6) is 0 Å². The van der Waals surface area contributed by atoms with Gasteiger partial charge in [-0.15, -0.1) is 11.8 Å². The molecule has 0 saturated heterocycles. The highest BCUT2D eigenvalue weighted by atomic mass is 16.6. The van der Waals surface area contributed by atoms with E-state index in [9.17, 15) is 14.9 Å². The Kier molecular flexibility index (Phi) is 4.69. The average molecular weight is 248 g/mol. The fraction of sp³-hybridized carbons (Fsp3) is 0.250. The van der Waals surface area contributed by atoms with Gasteiger partial charge in [-0.2, -0.15) is 0 Å². The second kappa shape index (κ2) is 6.25. The largest absolute Gasteiger partial charge is 0.478 e. The fourth-order valence-electron chi connectivity index (χ4n) is 1.36. The smallest absolute Gasteiger partial charge is 0.337 e. The first-order valence-electron chi connectivity index (χ1n) is 5.21. The Morgan fingerprint density at radius 3 is 2.83 bits per heavy atom. The predicted octanol–water partition coefficient (Wildman–Crippen LogP) is 2.12. The molecular weight excluding hydrogens is 236 g/mol. The van der Waals surface area contributed by atoms with Crippen LogP contribution in [0.1, 0.15) is 23.7 Å². The van der Waals surface area contributed by atoms with E-state index in [1.54, 1.807) is 6.92 Å². The van der Waals surface area contributed by atoms with Crippen LogP contribution in [-0.4, -0.2) is 22.5 Å². The number of nitrogens with one attached hydrogen (secondary N) is 1. The van der Waals surface area contributed by atoms with Crippen molar-refractivity contribution < 1.29 is 14.8 Å². The summed E-state index contributed by atoms with van der Waals surface area (Å²) in [7, 11) is 0.